The van der Waals surface area contributed by atoms with E-state index in [1.807, 2.05) is 65.8 Å². The summed E-state index contributed by atoms with van der Waals surface area (Å²) in [7, 11) is -2.55. The molecule has 0 saturated carbocycles. The quantitative estimate of drug-likeness (QED) is 0.281. The van der Waals surface area contributed by atoms with Gasteiger partial charge in [0.2, 0.25) is 11.8 Å². The van der Waals surface area contributed by atoms with E-state index in [2.05, 4.69) is 5.32 Å². The van der Waals surface area contributed by atoms with Crippen molar-refractivity contribution in [2.45, 2.75) is 77.9 Å². The van der Waals surface area contributed by atoms with Crippen LogP contribution in [0.15, 0.2) is 71.6 Å². The van der Waals surface area contributed by atoms with E-state index in [0.29, 0.717) is 23.4 Å². The second-order valence-corrected chi connectivity index (χ2v) is 12.6. The van der Waals surface area contributed by atoms with Crippen molar-refractivity contribution in [1.29, 1.82) is 0 Å². The number of rotatable bonds is 13. The molecular weight excluding hydrogens is 550 g/mol. The Kier molecular flexibility index (Phi) is 11.2. The van der Waals surface area contributed by atoms with Crippen molar-refractivity contribution in [3.05, 3.63) is 89.0 Å². The molecule has 3 aromatic rings. The van der Waals surface area contributed by atoms with Crippen molar-refractivity contribution in [1.82, 2.24) is 10.2 Å². The van der Waals surface area contributed by atoms with Crippen LogP contribution >= 0.6 is 0 Å². The first kappa shape index (κ1) is 32.7. The van der Waals surface area contributed by atoms with E-state index in [1.54, 1.807) is 49.6 Å². The number of carbonyl (C=O) groups excluding carboxylic acids is 2. The highest BCUT2D eigenvalue weighted by Crippen LogP contribution is 2.29. The molecule has 0 aliphatic heterocycles. The molecule has 0 unspecified atom stereocenters. The molecule has 42 heavy (non-hydrogen) atoms. The van der Waals surface area contributed by atoms with Crippen LogP contribution in [-0.2, 0) is 26.2 Å². The summed E-state index contributed by atoms with van der Waals surface area (Å²) in [6.07, 6.45) is 1.10. The molecular formula is C33H43N3O5S. The Morgan fingerprint density at radius 1 is 0.881 bits per heavy atom. The Hall–Kier alpha value is -3.85. The molecule has 2 amide bonds. The lowest BCUT2D eigenvalue weighted by molar-refractivity contribution is -0.140. The summed E-state index contributed by atoms with van der Waals surface area (Å²) in [6, 6.07) is 18.5. The lowest BCUT2D eigenvalue weighted by atomic mass is 10.1. The molecule has 3 rings (SSSR count). The van der Waals surface area contributed by atoms with E-state index in [0.717, 1.165) is 23.1 Å². The summed E-state index contributed by atoms with van der Waals surface area (Å²) >= 11 is 0. The number of sulfonamides is 1. The zero-order valence-corrected chi connectivity index (χ0v) is 26.5. The van der Waals surface area contributed by atoms with Gasteiger partial charge in [-0.3, -0.25) is 13.9 Å². The second kappa shape index (κ2) is 14.4. The van der Waals surface area contributed by atoms with E-state index in [1.165, 1.54) is 9.21 Å². The molecule has 0 aliphatic rings. The van der Waals surface area contributed by atoms with Gasteiger partial charge in [-0.25, -0.2) is 8.42 Å². The normalized spacial score (nSPS) is 12.7. The lowest BCUT2D eigenvalue weighted by Crippen LogP contribution is -2.53. The maximum atomic E-state index is 14.3. The van der Waals surface area contributed by atoms with Gasteiger partial charge in [0, 0.05) is 12.6 Å². The SMILES string of the molecule is CC[C@H](C(=O)N[C@@H](C)CC)N(Cc1ccc(OC)cc1)C(=O)CN(c1cc(C)ccc1C)S(=O)(=O)c1ccc(C)cc1. The molecule has 0 heterocycles. The number of aryl methyl sites for hydroxylation is 3. The van der Waals surface area contributed by atoms with Gasteiger partial charge in [-0.15, -0.1) is 0 Å². The Morgan fingerprint density at radius 2 is 1.50 bits per heavy atom. The van der Waals surface area contributed by atoms with Gasteiger partial charge in [0.25, 0.3) is 10.0 Å². The van der Waals surface area contributed by atoms with E-state index in [4.69, 9.17) is 4.74 Å². The molecule has 226 valence electrons. The van der Waals surface area contributed by atoms with Crippen molar-refractivity contribution in [3.8, 4) is 5.75 Å². The van der Waals surface area contributed by atoms with Crippen LogP contribution in [0.3, 0.4) is 0 Å². The van der Waals surface area contributed by atoms with Gasteiger partial charge in [-0.1, -0.05) is 55.8 Å². The van der Waals surface area contributed by atoms with Gasteiger partial charge in [0.15, 0.2) is 0 Å². The van der Waals surface area contributed by atoms with Gasteiger partial charge in [0.1, 0.15) is 18.3 Å². The van der Waals surface area contributed by atoms with E-state index >= 15 is 0 Å². The summed E-state index contributed by atoms with van der Waals surface area (Å²) in [5.41, 5.74) is 3.71. The summed E-state index contributed by atoms with van der Waals surface area (Å²) < 4.78 is 34.7. The largest absolute Gasteiger partial charge is 0.497 e. The van der Waals surface area contributed by atoms with Crippen molar-refractivity contribution < 1.29 is 22.7 Å². The highest BCUT2D eigenvalue weighted by molar-refractivity contribution is 7.92. The van der Waals surface area contributed by atoms with Gasteiger partial charge in [-0.05, 0) is 87.6 Å². The summed E-state index contributed by atoms with van der Waals surface area (Å²) in [4.78, 5) is 29.3. The van der Waals surface area contributed by atoms with Crippen LogP contribution in [0.5, 0.6) is 5.75 Å². The van der Waals surface area contributed by atoms with Gasteiger partial charge in [0.05, 0.1) is 17.7 Å². The van der Waals surface area contributed by atoms with E-state index in [9.17, 15) is 18.0 Å². The fourth-order valence-corrected chi connectivity index (χ4v) is 6.10. The Morgan fingerprint density at radius 3 is 2.07 bits per heavy atom. The molecule has 0 fully saturated rings. The average Bonchev–Trinajstić information content (AvgIpc) is 2.97. The molecule has 0 saturated heterocycles. The zero-order chi connectivity index (χ0) is 31.0. The smallest absolute Gasteiger partial charge is 0.264 e. The molecule has 8 nitrogen and oxygen atoms in total. The number of hydrogen-bond acceptors (Lipinski definition) is 5. The number of nitrogens with one attached hydrogen (secondary N) is 1. The van der Waals surface area contributed by atoms with Crippen LogP contribution in [0.2, 0.25) is 0 Å². The van der Waals surface area contributed by atoms with E-state index in [-0.39, 0.29) is 23.4 Å². The predicted octanol–water partition coefficient (Wildman–Crippen LogP) is 5.54. The highest BCUT2D eigenvalue weighted by atomic mass is 32.2. The van der Waals surface area contributed by atoms with E-state index < -0.39 is 28.5 Å². The van der Waals surface area contributed by atoms with Crippen molar-refractivity contribution in [3.63, 3.8) is 0 Å². The Bertz CT molecular complexity index is 1470. The topological polar surface area (TPSA) is 96.0 Å². The van der Waals surface area contributed by atoms with Gasteiger partial charge in [-0.2, -0.15) is 0 Å². The summed E-state index contributed by atoms with van der Waals surface area (Å²) in [5, 5.41) is 3.00. The maximum Gasteiger partial charge on any atom is 0.264 e. The minimum absolute atomic E-state index is 0.0714. The van der Waals surface area contributed by atoms with Crippen LogP contribution in [0.25, 0.3) is 0 Å². The third kappa shape index (κ3) is 7.91. The monoisotopic (exact) mass is 593 g/mol. The standard InChI is InChI=1S/C33H43N3O5S/c1-8-26(6)34-33(38)30(9-2)35(21-27-14-16-28(41-7)17-15-27)32(37)22-36(31-20-24(4)10-13-25(31)5)42(39,40)29-18-11-23(3)12-19-29/h10-20,26,30H,8-9,21-22H2,1-7H3,(H,34,38)/t26-,30+/m0/s1. The third-order valence-electron chi connectivity index (χ3n) is 7.42. The highest BCUT2D eigenvalue weighted by Gasteiger charge is 2.34. The molecule has 3 aromatic carbocycles. The van der Waals surface area contributed by atoms with Crippen LogP contribution in [-0.4, -0.2) is 50.9 Å². The van der Waals surface area contributed by atoms with Crippen LogP contribution in [0.1, 0.15) is 55.9 Å². The number of nitrogens with zero attached hydrogens (tertiary/aromatic N) is 2. The van der Waals surface area contributed by atoms with Gasteiger partial charge < -0.3 is 15.0 Å². The van der Waals surface area contributed by atoms with Crippen LogP contribution in [0, 0.1) is 20.8 Å². The first-order valence-corrected chi connectivity index (χ1v) is 15.7. The molecule has 2 atom stereocenters. The number of hydrogen-bond donors (Lipinski definition) is 1. The number of anilines is 1. The Balaban J connectivity index is 2.09. The fourth-order valence-electron chi connectivity index (χ4n) is 4.63. The molecule has 0 radical (unpaired) electrons. The molecule has 0 bridgehead atoms. The number of carbonyl (C=O) groups is 2. The number of amides is 2. The van der Waals surface area contributed by atoms with Crippen molar-refractivity contribution >= 4 is 27.5 Å². The molecule has 0 aliphatic carbocycles. The third-order valence-corrected chi connectivity index (χ3v) is 9.19. The fraction of sp³-hybridized carbons (Fsp3) is 0.394. The van der Waals surface area contributed by atoms with Crippen LogP contribution in [0.4, 0.5) is 5.69 Å². The Labute approximate surface area is 250 Å². The van der Waals surface area contributed by atoms with Crippen molar-refractivity contribution in [2.75, 3.05) is 18.0 Å². The predicted molar refractivity (Wildman–Crippen MR) is 167 cm³/mol. The number of ether oxygens (including phenoxy) is 1. The van der Waals surface area contributed by atoms with Gasteiger partial charge >= 0.3 is 0 Å². The minimum atomic E-state index is -4.13. The second-order valence-electron chi connectivity index (χ2n) is 10.7. The average molecular weight is 594 g/mol. The summed E-state index contributed by atoms with van der Waals surface area (Å²) in [6.45, 7) is 11.0. The molecule has 0 aromatic heterocycles. The number of methoxy groups -OCH3 is 1. The first-order chi connectivity index (χ1) is 19.9. The molecule has 1 N–H and O–H groups in total. The zero-order valence-electron chi connectivity index (χ0n) is 25.7. The summed E-state index contributed by atoms with van der Waals surface area (Å²) in [5.74, 6) is -0.0783. The maximum absolute atomic E-state index is 14.3. The molecule has 0 spiro atoms. The van der Waals surface area contributed by atoms with Crippen molar-refractivity contribution in [2.24, 2.45) is 0 Å². The molecule has 9 heteroatoms. The number of benzene rings is 3. The minimum Gasteiger partial charge on any atom is -0.497 e. The van der Waals surface area contributed by atoms with Crippen LogP contribution < -0.4 is 14.4 Å². The first-order valence-electron chi connectivity index (χ1n) is 14.3. The lowest BCUT2D eigenvalue weighted by Gasteiger charge is -2.34.